The van der Waals surface area contributed by atoms with Crippen LogP contribution < -0.4 is 5.73 Å². The number of amides is 1. The van der Waals surface area contributed by atoms with Gasteiger partial charge < -0.3 is 15.5 Å². The molecule has 0 spiro atoms. The van der Waals surface area contributed by atoms with Gasteiger partial charge in [0.15, 0.2) is 5.69 Å². The lowest BCUT2D eigenvalue weighted by Crippen LogP contribution is -2.34. The van der Waals surface area contributed by atoms with Gasteiger partial charge in [-0.2, -0.15) is 5.10 Å². The lowest BCUT2D eigenvalue weighted by molar-refractivity contribution is 0.0753. The summed E-state index contributed by atoms with van der Waals surface area (Å²) in [6.07, 6.45) is 2.65. The Labute approximate surface area is 115 Å². The molecule has 0 saturated heterocycles. The average molecular weight is 267 g/mol. The molecule has 0 atom stereocenters. The topological polar surface area (TPSA) is 67.4 Å². The molecule has 0 saturated carbocycles. The highest BCUT2D eigenvalue weighted by molar-refractivity contribution is 5.97. The number of nitrogens with zero attached hydrogens (tertiary/aromatic N) is 4. The Morgan fingerprint density at radius 2 is 2.05 bits per heavy atom. The van der Waals surface area contributed by atoms with Gasteiger partial charge in [0.2, 0.25) is 0 Å². The van der Waals surface area contributed by atoms with Crippen molar-refractivity contribution in [1.29, 1.82) is 0 Å². The van der Waals surface area contributed by atoms with Crippen molar-refractivity contribution in [2.45, 2.75) is 26.8 Å². The first-order valence-corrected chi connectivity index (χ1v) is 6.76. The number of nitrogen functional groups attached to an aromatic ring is 1. The van der Waals surface area contributed by atoms with E-state index in [1.54, 1.807) is 15.8 Å². The first-order valence-electron chi connectivity index (χ1n) is 6.76. The van der Waals surface area contributed by atoms with Gasteiger partial charge in [-0.1, -0.05) is 0 Å². The molecule has 0 aliphatic heterocycles. The third-order valence-corrected chi connectivity index (χ3v) is 3.02. The summed E-state index contributed by atoms with van der Waals surface area (Å²) < 4.78 is 1.69. The van der Waals surface area contributed by atoms with Crippen LogP contribution in [0.15, 0.2) is 6.20 Å². The molecule has 6 nitrogen and oxygen atoms in total. The number of anilines is 1. The molecule has 1 rings (SSSR count). The number of carbonyl (C=O) groups excluding carboxylic acids is 1. The maximum Gasteiger partial charge on any atom is 0.276 e. The fraction of sp³-hybridized carbons (Fsp3) is 0.692. The molecule has 6 heteroatoms. The van der Waals surface area contributed by atoms with Crippen molar-refractivity contribution < 1.29 is 4.79 Å². The van der Waals surface area contributed by atoms with Crippen LogP contribution in [0.5, 0.6) is 0 Å². The van der Waals surface area contributed by atoms with Gasteiger partial charge in [0.1, 0.15) is 0 Å². The molecule has 0 aliphatic rings. The smallest absolute Gasteiger partial charge is 0.276 e. The molecule has 0 aromatic carbocycles. The number of rotatable bonds is 7. The highest BCUT2D eigenvalue weighted by atomic mass is 16.2. The van der Waals surface area contributed by atoms with Crippen LogP contribution in [-0.4, -0.2) is 59.2 Å². The number of aryl methyl sites for hydroxylation is 1. The van der Waals surface area contributed by atoms with Crippen molar-refractivity contribution in [2.24, 2.45) is 0 Å². The van der Waals surface area contributed by atoms with E-state index in [1.165, 1.54) is 0 Å². The largest absolute Gasteiger partial charge is 0.396 e. The Hall–Kier alpha value is -1.56. The quantitative estimate of drug-likeness (QED) is 0.797. The van der Waals surface area contributed by atoms with E-state index in [1.807, 2.05) is 27.9 Å². The fourth-order valence-corrected chi connectivity index (χ4v) is 1.90. The van der Waals surface area contributed by atoms with Gasteiger partial charge in [0, 0.05) is 25.8 Å². The standard InChI is InChI=1S/C13H25N5O/c1-5-17(9-7-8-16(3)4)13(19)12-11(14)10-18(6-2)15-12/h10H,5-9,14H2,1-4H3. The highest BCUT2D eigenvalue weighted by Crippen LogP contribution is 2.12. The van der Waals surface area contributed by atoms with Crippen LogP contribution >= 0.6 is 0 Å². The van der Waals surface area contributed by atoms with Crippen molar-refractivity contribution >= 4 is 11.6 Å². The number of hydrogen-bond acceptors (Lipinski definition) is 4. The molecular formula is C13H25N5O. The van der Waals surface area contributed by atoms with Gasteiger partial charge in [-0.15, -0.1) is 0 Å². The Balaban J connectivity index is 2.69. The van der Waals surface area contributed by atoms with Crippen LogP contribution in [0.3, 0.4) is 0 Å². The molecule has 1 heterocycles. The van der Waals surface area contributed by atoms with E-state index in [9.17, 15) is 4.79 Å². The molecule has 1 aromatic heterocycles. The van der Waals surface area contributed by atoms with Gasteiger partial charge >= 0.3 is 0 Å². The average Bonchev–Trinajstić information content (AvgIpc) is 2.75. The molecule has 0 unspecified atom stereocenters. The zero-order valence-electron chi connectivity index (χ0n) is 12.4. The second kappa shape index (κ2) is 7.13. The summed E-state index contributed by atoms with van der Waals surface area (Å²) in [5.41, 5.74) is 6.67. The lowest BCUT2D eigenvalue weighted by Gasteiger charge is -2.21. The molecule has 1 aromatic rings. The third kappa shape index (κ3) is 4.24. The minimum atomic E-state index is -0.0778. The molecule has 0 aliphatic carbocycles. The second-order valence-electron chi connectivity index (χ2n) is 4.83. The Morgan fingerprint density at radius 1 is 1.37 bits per heavy atom. The van der Waals surface area contributed by atoms with E-state index in [0.29, 0.717) is 24.5 Å². The number of aromatic nitrogens is 2. The molecule has 2 N–H and O–H groups in total. The molecule has 0 bridgehead atoms. The van der Waals surface area contributed by atoms with Crippen molar-refractivity contribution in [1.82, 2.24) is 19.6 Å². The van der Waals surface area contributed by atoms with Crippen LogP contribution in [0, 0.1) is 0 Å². The van der Waals surface area contributed by atoms with Gasteiger partial charge in [0.25, 0.3) is 5.91 Å². The van der Waals surface area contributed by atoms with Crippen LogP contribution in [0.2, 0.25) is 0 Å². The molecule has 1 amide bonds. The van der Waals surface area contributed by atoms with Crippen LogP contribution in [0.25, 0.3) is 0 Å². The highest BCUT2D eigenvalue weighted by Gasteiger charge is 2.20. The van der Waals surface area contributed by atoms with E-state index in [4.69, 9.17) is 5.73 Å². The number of nitrogens with two attached hydrogens (primary N) is 1. The van der Waals surface area contributed by atoms with Crippen LogP contribution in [0.1, 0.15) is 30.8 Å². The summed E-state index contributed by atoms with van der Waals surface area (Å²) in [6, 6.07) is 0. The SMILES string of the molecule is CCN(CCCN(C)C)C(=O)c1nn(CC)cc1N. The normalized spacial score (nSPS) is 11.0. The van der Waals surface area contributed by atoms with Crippen molar-refractivity contribution in [3.63, 3.8) is 0 Å². The first-order chi connectivity index (χ1) is 8.99. The minimum Gasteiger partial charge on any atom is -0.396 e. The van der Waals surface area contributed by atoms with Gasteiger partial charge in [-0.25, -0.2) is 0 Å². The summed E-state index contributed by atoms with van der Waals surface area (Å²) >= 11 is 0. The second-order valence-corrected chi connectivity index (χ2v) is 4.83. The van der Waals surface area contributed by atoms with Gasteiger partial charge in [-0.3, -0.25) is 9.48 Å². The Morgan fingerprint density at radius 3 is 2.53 bits per heavy atom. The summed E-state index contributed by atoms with van der Waals surface area (Å²) in [5.74, 6) is -0.0778. The summed E-state index contributed by atoms with van der Waals surface area (Å²) in [4.78, 5) is 16.3. The van der Waals surface area contributed by atoms with E-state index < -0.39 is 0 Å². The minimum absolute atomic E-state index is 0.0778. The predicted octanol–water partition coefficient (Wildman–Crippen LogP) is 0.899. The Kier molecular flexibility index (Phi) is 5.82. The zero-order chi connectivity index (χ0) is 14.4. The molecule has 19 heavy (non-hydrogen) atoms. The molecule has 108 valence electrons. The Bertz CT molecular complexity index is 413. The molecular weight excluding hydrogens is 242 g/mol. The van der Waals surface area contributed by atoms with Crippen LogP contribution in [0.4, 0.5) is 5.69 Å². The maximum absolute atomic E-state index is 12.4. The van der Waals surface area contributed by atoms with E-state index in [2.05, 4.69) is 10.00 Å². The summed E-state index contributed by atoms with van der Waals surface area (Å²) in [6.45, 7) is 7.01. The predicted molar refractivity (Wildman–Crippen MR) is 77.1 cm³/mol. The molecule has 0 fully saturated rings. The molecule has 0 radical (unpaired) electrons. The van der Waals surface area contributed by atoms with Gasteiger partial charge in [0.05, 0.1) is 5.69 Å². The van der Waals surface area contributed by atoms with Crippen molar-refractivity contribution in [3.8, 4) is 0 Å². The van der Waals surface area contributed by atoms with Gasteiger partial charge in [-0.05, 0) is 40.9 Å². The zero-order valence-corrected chi connectivity index (χ0v) is 12.4. The number of carbonyl (C=O) groups is 1. The van der Waals surface area contributed by atoms with E-state index >= 15 is 0 Å². The lowest BCUT2D eigenvalue weighted by atomic mass is 10.3. The van der Waals surface area contributed by atoms with Crippen molar-refractivity contribution in [2.75, 3.05) is 39.5 Å². The first kappa shape index (κ1) is 15.5. The van der Waals surface area contributed by atoms with E-state index in [0.717, 1.165) is 19.5 Å². The maximum atomic E-state index is 12.4. The van der Waals surface area contributed by atoms with E-state index in [-0.39, 0.29) is 5.91 Å². The summed E-state index contributed by atoms with van der Waals surface area (Å²) in [5, 5.41) is 4.23. The number of hydrogen-bond donors (Lipinski definition) is 1. The summed E-state index contributed by atoms with van der Waals surface area (Å²) in [7, 11) is 4.05. The fourth-order valence-electron chi connectivity index (χ4n) is 1.90. The monoisotopic (exact) mass is 267 g/mol. The third-order valence-electron chi connectivity index (χ3n) is 3.02. The van der Waals surface area contributed by atoms with Crippen LogP contribution in [-0.2, 0) is 6.54 Å². The van der Waals surface area contributed by atoms with Crippen molar-refractivity contribution in [3.05, 3.63) is 11.9 Å².